The van der Waals surface area contributed by atoms with Crippen LogP contribution in [-0.4, -0.2) is 55.1 Å². The molecule has 0 aromatic rings. The van der Waals surface area contributed by atoms with Gasteiger partial charge in [0.05, 0.1) is 23.4 Å². The number of esters is 2. The van der Waals surface area contributed by atoms with Crippen LogP contribution in [0, 0.1) is 40.9 Å². The quantitative estimate of drug-likeness (QED) is 0.109. The molecule has 0 aliphatic heterocycles. The van der Waals surface area contributed by atoms with Gasteiger partial charge in [-0.1, -0.05) is 6.42 Å². The minimum absolute atomic E-state index is 0.206. The minimum Gasteiger partial charge on any atom is -0.436 e. The molecule has 9 unspecified atom stereocenters. The molecule has 2 bridgehead atoms. The normalized spacial score (nSPS) is 28.2. The van der Waals surface area contributed by atoms with E-state index in [4.69, 9.17) is 24.2 Å². The lowest BCUT2D eigenvalue weighted by Gasteiger charge is -2.32. The summed E-state index contributed by atoms with van der Waals surface area (Å²) in [7, 11) is 2.42. The Balaban J connectivity index is 0.000000309. The van der Waals surface area contributed by atoms with Crippen LogP contribution in [0.25, 0.3) is 0 Å². The minimum atomic E-state index is -0.562. The SMILES string of the molecule is C=NC(C)(C)CCC(=O)OC(C)OCC1CC2CC1C1CCCC21.CCOC(C)OC(=O)CCC(C)(P)C#N. The number of fused-ring (bicyclic) bond motifs is 5. The Labute approximate surface area is 238 Å². The second-order valence-corrected chi connectivity index (χ2v) is 13.6. The summed E-state index contributed by atoms with van der Waals surface area (Å²) in [5.74, 6) is 3.93. The lowest BCUT2D eigenvalue weighted by Crippen LogP contribution is -2.29. The zero-order valence-corrected chi connectivity index (χ0v) is 26.1. The molecule has 222 valence electrons. The second kappa shape index (κ2) is 15.5. The van der Waals surface area contributed by atoms with Gasteiger partial charge in [0.2, 0.25) is 0 Å². The van der Waals surface area contributed by atoms with Crippen LogP contribution in [0.2, 0.25) is 0 Å². The Bertz CT molecular complexity index is 857. The molecule has 3 saturated carbocycles. The summed E-state index contributed by atoms with van der Waals surface area (Å²) in [5, 5.41) is 8.16. The molecule has 0 aromatic carbocycles. The number of rotatable bonds is 14. The Morgan fingerprint density at radius 1 is 1.00 bits per heavy atom. The first-order chi connectivity index (χ1) is 18.3. The van der Waals surface area contributed by atoms with Crippen molar-refractivity contribution in [2.24, 2.45) is 34.6 Å². The Kier molecular flexibility index (Phi) is 13.3. The molecule has 0 amide bonds. The standard InChI is InChI=1S/C20H33NO3.C10H18NO3P/c1-13(24-19(22)8-9-20(2,3)21-4)23-12-15-10-14-11-18(15)17-7-5-6-16(14)17;1-4-13-8(2)14-9(12)5-6-10(3,15)7-11/h13-18H,4-12H2,1-3H3;8H,4-6,15H2,1-3H3. The van der Waals surface area contributed by atoms with E-state index in [1.807, 2.05) is 27.7 Å². The van der Waals surface area contributed by atoms with E-state index < -0.39 is 17.7 Å². The number of hydrogen-bond donors (Lipinski definition) is 0. The molecule has 3 aliphatic carbocycles. The third kappa shape index (κ3) is 11.1. The van der Waals surface area contributed by atoms with Crippen LogP contribution < -0.4 is 0 Å². The molecule has 8 nitrogen and oxygen atoms in total. The highest BCUT2D eigenvalue weighted by atomic mass is 31.0. The number of nitriles is 1. The molecule has 0 radical (unpaired) electrons. The predicted molar refractivity (Wildman–Crippen MR) is 155 cm³/mol. The lowest BCUT2D eigenvalue weighted by molar-refractivity contribution is -0.179. The van der Waals surface area contributed by atoms with Gasteiger partial charge in [-0.2, -0.15) is 5.26 Å². The van der Waals surface area contributed by atoms with Gasteiger partial charge >= 0.3 is 11.9 Å². The van der Waals surface area contributed by atoms with Crippen LogP contribution >= 0.6 is 9.24 Å². The van der Waals surface area contributed by atoms with Gasteiger partial charge in [-0.05, 0) is 116 Å². The number of aliphatic imine (C=N–C) groups is 1. The average Bonchev–Trinajstić information content (AvgIpc) is 3.60. The first kappa shape index (κ1) is 33.7. The van der Waals surface area contributed by atoms with Gasteiger partial charge in [0.25, 0.3) is 0 Å². The summed E-state index contributed by atoms with van der Waals surface area (Å²) < 4.78 is 21.3. The predicted octanol–water partition coefficient (Wildman–Crippen LogP) is 6.07. The molecule has 3 fully saturated rings. The first-order valence-corrected chi connectivity index (χ1v) is 15.2. The maximum atomic E-state index is 11.9. The smallest absolute Gasteiger partial charge is 0.308 e. The highest BCUT2D eigenvalue weighted by molar-refractivity contribution is 7.19. The van der Waals surface area contributed by atoms with Crippen molar-refractivity contribution in [1.82, 2.24) is 0 Å². The van der Waals surface area contributed by atoms with E-state index in [-0.39, 0.29) is 23.9 Å². The van der Waals surface area contributed by atoms with Crippen molar-refractivity contribution in [3.63, 3.8) is 0 Å². The molecule has 0 N–H and O–H groups in total. The maximum Gasteiger partial charge on any atom is 0.308 e. The van der Waals surface area contributed by atoms with Gasteiger partial charge in [0, 0.05) is 19.4 Å². The summed E-state index contributed by atoms with van der Waals surface area (Å²) in [6, 6.07) is 2.10. The van der Waals surface area contributed by atoms with Crippen molar-refractivity contribution in [2.45, 2.75) is 123 Å². The van der Waals surface area contributed by atoms with Crippen molar-refractivity contribution in [3.8, 4) is 6.07 Å². The molecule has 0 spiro atoms. The summed E-state index contributed by atoms with van der Waals surface area (Å²) in [6.45, 7) is 15.9. The van der Waals surface area contributed by atoms with Crippen LogP contribution in [-0.2, 0) is 28.5 Å². The number of carbonyl (C=O) groups excluding carboxylic acids is 2. The Morgan fingerprint density at radius 2 is 1.59 bits per heavy atom. The molecule has 9 heteroatoms. The summed E-state index contributed by atoms with van der Waals surface area (Å²) in [6.07, 6.45) is 7.80. The molecule has 0 heterocycles. The zero-order valence-electron chi connectivity index (χ0n) is 24.9. The molecular weight excluding hydrogens is 515 g/mol. The average molecular weight is 567 g/mol. The summed E-state index contributed by atoms with van der Waals surface area (Å²) >= 11 is 0. The number of nitrogens with zero attached hydrogens (tertiary/aromatic N) is 2. The second-order valence-electron chi connectivity index (χ2n) is 12.3. The third-order valence-corrected chi connectivity index (χ3v) is 9.00. The van der Waals surface area contributed by atoms with E-state index in [2.05, 4.69) is 27.0 Å². The number of carbonyl (C=O) groups is 2. The van der Waals surface area contributed by atoms with E-state index in [9.17, 15) is 9.59 Å². The molecule has 39 heavy (non-hydrogen) atoms. The molecule has 9 atom stereocenters. The highest BCUT2D eigenvalue weighted by Gasteiger charge is 2.53. The summed E-state index contributed by atoms with van der Waals surface area (Å²) in [5.41, 5.74) is -0.274. The van der Waals surface area contributed by atoms with Crippen molar-refractivity contribution in [3.05, 3.63) is 0 Å². The van der Waals surface area contributed by atoms with Crippen molar-refractivity contribution in [1.29, 1.82) is 5.26 Å². The number of hydrogen-bond acceptors (Lipinski definition) is 8. The van der Waals surface area contributed by atoms with Crippen molar-refractivity contribution in [2.75, 3.05) is 13.2 Å². The molecule has 3 rings (SSSR count). The summed E-state index contributed by atoms with van der Waals surface area (Å²) in [4.78, 5) is 27.2. The molecular formula is C30H51N2O6P. The zero-order chi connectivity index (χ0) is 29.2. The van der Waals surface area contributed by atoms with Gasteiger partial charge in [-0.3, -0.25) is 14.6 Å². The number of ether oxygens (including phenoxy) is 4. The van der Waals surface area contributed by atoms with E-state index in [0.717, 1.165) is 30.3 Å². The van der Waals surface area contributed by atoms with Crippen molar-refractivity contribution >= 4 is 27.9 Å². The molecule has 3 aliphatic rings. The highest BCUT2D eigenvalue weighted by Crippen LogP contribution is 2.60. The Hall–Kier alpha value is -1.55. The van der Waals surface area contributed by atoms with Crippen LogP contribution in [0.15, 0.2) is 4.99 Å². The molecule has 0 saturated heterocycles. The van der Waals surface area contributed by atoms with E-state index in [0.29, 0.717) is 31.8 Å². The van der Waals surface area contributed by atoms with Gasteiger partial charge < -0.3 is 18.9 Å². The fourth-order valence-electron chi connectivity index (χ4n) is 6.36. The van der Waals surface area contributed by atoms with E-state index >= 15 is 0 Å². The Morgan fingerprint density at radius 3 is 2.18 bits per heavy atom. The van der Waals surface area contributed by atoms with Gasteiger partial charge in [0.1, 0.15) is 0 Å². The van der Waals surface area contributed by atoms with Gasteiger partial charge in [-0.15, -0.1) is 9.24 Å². The fourth-order valence-corrected chi connectivity index (χ4v) is 6.50. The topological polar surface area (TPSA) is 107 Å². The fraction of sp³-hybridized carbons (Fsp3) is 0.867. The van der Waals surface area contributed by atoms with Gasteiger partial charge in [-0.25, -0.2) is 0 Å². The van der Waals surface area contributed by atoms with E-state index in [1.165, 1.54) is 32.1 Å². The van der Waals surface area contributed by atoms with Crippen molar-refractivity contribution < 1.29 is 28.5 Å². The van der Waals surface area contributed by atoms with Crippen LogP contribution in [0.1, 0.15) is 99.3 Å². The largest absolute Gasteiger partial charge is 0.436 e. The first-order valence-electron chi connectivity index (χ1n) is 14.6. The monoisotopic (exact) mass is 566 g/mol. The maximum absolute atomic E-state index is 11.9. The van der Waals surface area contributed by atoms with Crippen LogP contribution in [0.4, 0.5) is 0 Å². The molecule has 0 aromatic heterocycles. The third-order valence-electron chi connectivity index (χ3n) is 8.58. The van der Waals surface area contributed by atoms with E-state index in [1.54, 1.807) is 13.8 Å². The van der Waals surface area contributed by atoms with Crippen LogP contribution in [0.5, 0.6) is 0 Å². The van der Waals surface area contributed by atoms with Crippen LogP contribution in [0.3, 0.4) is 0 Å². The lowest BCUT2D eigenvalue weighted by atomic mass is 9.76. The van der Waals surface area contributed by atoms with Gasteiger partial charge in [0.15, 0.2) is 12.6 Å².